The summed E-state index contributed by atoms with van der Waals surface area (Å²) in [7, 11) is 1.69. The molecule has 104 valence electrons. The first-order valence-electron chi connectivity index (χ1n) is 6.73. The molecule has 0 amide bonds. The highest BCUT2D eigenvalue weighted by Gasteiger charge is 2.32. The number of amidine groups is 1. The number of likely N-dealkylation sites (tertiary alicyclic amines) is 1. The zero-order valence-electron chi connectivity index (χ0n) is 11.8. The van der Waals surface area contributed by atoms with Crippen LogP contribution in [0.25, 0.3) is 0 Å². The summed E-state index contributed by atoms with van der Waals surface area (Å²) in [5, 5.41) is 7.67. The highest BCUT2D eigenvalue weighted by Crippen LogP contribution is 2.31. The number of rotatable bonds is 4. The number of benzene rings is 1. The van der Waals surface area contributed by atoms with Crippen molar-refractivity contribution in [1.29, 1.82) is 5.41 Å². The maximum Gasteiger partial charge on any atom is 0.119 e. The largest absolute Gasteiger partial charge is 0.497 e. The first-order valence-corrected chi connectivity index (χ1v) is 6.73. The predicted molar refractivity (Wildman–Crippen MR) is 77.5 cm³/mol. The number of methoxy groups -OCH3 is 1. The maximum atomic E-state index is 7.67. The van der Waals surface area contributed by atoms with Crippen molar-refractivity contribution in [3.05, 3.63) is 29.8 Å². The molecule has 3 N–H and O–H groups in total. The van der Waals surface area contributed by atoms with Crippen LogP contribution >= 0.6 is 0 Å². The third kappa shape index (κ3) is 3.26. The van der Waals surface area contributed by atoms with E-state index < -0.39 is 0 Å². The molecule has 0 saturated carbocycles. The second kappa shape index (κ2) is 5.61. The lowest BCUT2D eigenvalue weighted by Crippen LogP contribution is -2.44. The van der Waals surface area contributed by atoms with E-state index in [1.165, 1.54) is 5.56 Å². The summed E-state index contributed by atoms with van der Waals surface area (Å²) in [6.45, 7) is 5.02. The van der Waals surface area contributed by atoms with E-state index in [0.717, 1.165) is 38.2 Å². The molecule has 1 aromatic carbocycles. The van der Waals surface area contributed by atoms with Gasteiger partial charge in [-0.05, 0) is 43.6 Å². The van der Waals surface area contributed by atoms with Crippen molar-refractivity contribution in [3.8, 4) is 5.75 Å². The molecule has 0 bridgehead atoms. The van der Waals surface area contributed by atoms with Crippen LogP contribution < -0.4 is 10.5 Å². The van der Waals surface area contributed by atoms with E-state index in [2.05, 4.69) is 24.0 Å². The standard InChI is InChI=1S/C15H23N3O/c1-15(14(16)17)6-8-18(9-7-15)11-12-4-3-5-13(10-12)19-2/h3-5,10H,6-9,11H2,1-2H3,(H3,16,17). The normalized spacial score (nSPS) is 19.1. The van der Waals surface area contributed by atoms with E-state index in [9.17, 15) is 0 Å². The number of nitrogens with two attached hydrogens (primary N) is 1. The molecular formula is C15H23N3O. The van der Waals surface area contributed by atoms with Crippen LogP contribution in [0.4, 0.5) is 0 Å². The van der Waals surface area contributed by atoms with E-state index in [1.807, 2.05) is 12.1 Å². The van der Waals surface area contributed by atoms with Gasteiger partial charge in [0.15, 0.2) is 0 Å². The number of hydrogen-bond donors (Lipinski definition) is 2. The Labute approximate surface area is 115 Å². The smallest absolute Gasteiger partial charge is 0.119 e. The topological polar surface area (TPSA) is 62.3 Å². The summed E-state index contributed by atoms with van der Waals surface area (Å²) in [5.41, 5.74) is 6.85. The summed E-state index contributed by atoms with van der Waals surface area (Å²) in [4.78, 5) is 2.42. The number of piperidine rings is 1. The summed E-state index contributed by atoms with van der Waals surface area (Å²) < 4.78 is 5.25. The van der Waals surface area contributed by atoms with Crippen molar-refractivity contribution < 1.29 is 4.74 Å². The molecule has 1 aliphatic rings. The molecule has 1 aromatic rings. The van der Waals surface area contributed by atoms with Crippen LogP contribution in [0.3, 0.4) is 0 Å². The predicted octanol–water partition coefficient (Wildman–Crippen LogP) is 2.23. The van der Waals surface area contributed by atoms with E-state index in [4.69, 9.17) is 15.9 Å². The average Bonchev–Trinajstić information content (AvgIpc) is 2.42. The minimum Gasteiger partial charge on any atom is -0.497 e. The van der Waals surface area contributed by atoms with Crippen LogP contribution in [0, 0.1) is 10.8 Å². The molecule has 0 radical (unpaired) electrons. The fraction of sp³-hybridized carbons (Fsp3) is 0.533. The van der Waals surface area contributed by atoms with Gasteiger partial charge in [-0.25, -0.2) is 0 Å². The van der Waals surface area contributed by atoms with E-state index >= 15 is 0 Å². The van der Waals surface area contributed by atoms with Gasteiger partial charge in [0, 0.05) is 12.0 Å². The minimum absolute atomic E-state index is 0.106. The quantitative estimate of drug-likeness (QED) is 0.645. The Balaban J connectivity index is 1.93. The number of nitrogens with one attached hydrogen (secondary N) is 1. The van der Waals surface area contributed by atoms with Gasteiger partial charge in [0.05, 0.1) is 12.9 Å². The van der Waals surface area contributed by atoms with Crippen LogP contribution in [0.5, 0.6) is 5.75 Å². The number of hydrogen-bond acceptors (Lipinski definition) is 3. The summed E-state index contributed by atoms with van der Waals surface area (Å²) in [6, 6.07) is 8.20. The summed E-state index contributed by atoms with van der Waals surface area (Å²) >= 11 is 0. The fourth-order valence-corrected chi connectivity index (χ4v) is 2.50. The molecule has 1 aliphatic heterocycles. The zero-order valence-corrected chi connectivity index (χ0v) is 11.8. The third-order valence-corrected chi connectivity index (χ3v) is 4.15. The Morgan fingerprint density at radius 3 is 2.68 bits per heavy atom. The minimum atomic E-state index is -0.106. The molecule has 0 spiro atoms. The third-order valence-electron chi connectivity index (χ3n) is 4.15. The van der Waals surface area contributed by atoms with E-state index in [0.29, 0.717) is 5.84 Å². The molecule has 0 aromatic heterocycles. The molecule has 2 rings (SSSR count). The molecule has 0 atom stereocenters. The van der Waals surface area contributed by atoms with Crippen molar-refractivity contribution >= 4 is 5.84 Å². The molecule has 4 heteroatoms. The van der Waals surface area contributed by atoms with Crippen LogP contribution in [-0.2, 0) is 6.54 Å². The molecule has 0 unspecified atom stereocenters. The number of nitrogens with zero attached hydrogens (tertiary/aromatic N) is 1. The van der Waals surface area contributed by atoms with Crippen molar-refractivity contribution in [2.75, 3.05) is 20.2 Å². The van der Waals surface area contributed by atoms with Crippen molar-refractivity contribution in [3.63, 3.8) is 0 Å². The molecule has 0 aliphatic carbocycles. The van der Waals surface area contributed by atoms with Gasteiger partial charge in [0.1, 0.15) is 5.75 Å². The number of ether oxygens (including phenoxy) is 1. The lowest BCUT2D eigenvalue weighted by molar-refractivity contribution is 0.156. The molecule has 19 heavy (non-hydrogen) atoms. The second-order valence-corrected chi connectivity index (χ2v) is 5.60. The molecule has 4 nitrogen and oxygen atoms in total. The van der Waals surface area contributed by atoms with Crippen molar-refractivity contribution in [2.45, 2.75) is 26.3 Å². The van der Waals surface area contributed by atoms with Gasteiger partial charge >= 0.3 is 0 Å². The van der Waals surface area contributed by atoms with Crippen LogP contribution in [-0.4, -0.2) is 30.9 Å². The van der Waals surface area contributed by atoms with Crippen LogP contribution in [0.15, 0.2) is 24.3 Å². The van der Waals surface area contributed by atoms with Gasteiger partial charge in [0.25, 0.3) is 0 Å². The molecule has 1 fully saturated rings. The molecule has 1 saturated heterocycles. The zero-order chi connectivity index (χ0) is 13.9. The van der Waals surface area contributed by atoms with Crippen LogP contribution in [0.2, 0.25) is 0 Å². The Kier molecular flexibility index (Phi) is 4.10. The highest BCUT2D eigenvalue weighted by molar-refractivity contribution is 5.83. The first kappa shape index (κ1) is 13.9. The van der Waals surface area contributed by atoms with E-state index in [1.54, 1.807) is 7.11 Å². The van der Waals surface area contributed by atoms with Gasteiger partial charge < -0.3 is 10.5 Å². The lowest BCUT2D eigenvalue weighted by Gasteiger charge is -2.38. The van der Waals surface area contributed by atoms with Crippen LogP contribution in [0.1, 0.15) is 25.3 Å². The maximum absolute atomic E-state index is 7.67. The van der Waals surface area contributed by atoms with Gasteiger partial charge in [-0.2, -0.15) is 0 Å². The lowest BCUT2D eigenvalue weighted by atomic mass is 9.79. The summed E-state index contributed by atoms with van der Waals surface area (Å²) in [5.74, 6) is 1.23. The monoisotopic (exact) mass is 261 g/mol. The van der Waals surface area contributed by atoms with E-state index in [-0.39, 0.29) is 5.41 Å². The fourth-order valence-electron chi connectivity index (χ4n) is 2.50. The van der Waals surface area contributed by atoms with Gasteiger partial charge in [-0.3, -0.25) is 10.3 Å². The van der Waals surface area contributed by atoms with Gasteiger partial charge in [-0.1, -0.05) is 19.1 Å². The second-order valence-electron chi connectivity index (χ2n) is 5.60. The Hall–Kier alpha value is -1.55. The SMILES string of the molecule is COc1cccc(CN2CCC(C)(C(=N)N)CC2)c1. The Morgan fingerprint density at radius 1 is 1.42 bits per heavy atom. The summed E-state index contributed by atoms with van der Waals surface area (Å²) in [6.07, 6.45) is 1.93. The van der Waals surface area contributed by atoms with Gasteiger partial charge in [0.2, 0.25) is 0 Å². The Morgan fingerprint density at radius 2 is 2.11 bits per heavy atom. The molecular weight excluding hydrogens is 238 g/mol. The average molecular weight is 261 g/mol. The highest BCUT2D eigenvalue weighted by atomic mass is 16.5. The Bertz CT molecular complexity index is 450. The van der Waals surface area contributed by atoms with Crippen molar-refractivity contribution in [2.24, 2.45) is 11.1 Å². The molecule has 1 heterocycles. The van der Waals surface area contributed by atoms with Crippen molar-refractivity contribution in [1.82, 2.24) is 4.90 Å². The first-order chi connectivity index (χ1) is 9.03. The van der Waals surface area contributed by atoms with Gasteiger partial charge in [-0.15, -0.1) is 0 Å².